The molecule has 0 aliphatic carbocycles. The lowest BCUT2D eigenvalue weighted by molar-refractivity contribution is -0.142. The molecule has 0 saturated heterocycles. The van der Waals surface area contributed by atoms with Crippen LogP contribution >= 0.6 is 31.9 Å². The number of carbonyl (C=O) groups is 1. The molecule has 88 valence electrons. The fraction of sp³-hybridized carbons (Fsp3) is 0.300. The van der Waals surface area contributed by atoms with Gasteiger partial charge in [0.15, 0.2) is 11.6 Å². The molecule has 0 fully saturated rings. The normalized spacial score (nSPS) is 10.3. The van der Waals surface area contributed by atoms with Crippen molar-refractivity contribution in [2.45, 2.75) is 13.3 Å². The molecular formula is C10H8Br2F2O2. The molecule has 0 aliphatic rings. The Morgan fingerprint density at radius 1 is 1.38 bits per heavy atom. The van der Waals surface area contributed by atoms with Crippen molar-refractivity contribution in [1.29, 1.82) is 0 Å². The number of carbonyl (C=O) groups excluding carboxylic acids is 1. The van der Waals surface area contributed by atoms with Crippen molar-refractivity contribution in [1.82, 2.24) is 0 Å². The Morgan fingerprint density at radius 2 is 2.00 bits per heavy atom. The molecule has 1 rings (SSSR count). The molecule has 0 heterocycles. The number of rotatable bonds is 3. The van der Waals surface area contributed by atoms with Crippen molar-refractivity contribution in [2.75, 3.05) is 6.61 Å². The van der Waals surface area contributed by atoms with Gasteiger partial charge in [0.25, 0.3) is 0 Å². The SMILES string of the molecule is CCOC(=O)Cc1cc(F)c(F)c(Br)c1Br. The van der Waals surface area contributed by atoms with E-state index in [0.29, 0.717) is 10.0 Å². The van der Waals surface area contributed by atoms with Crippen LogP contribution < -0.4 is 0 Å². The molecule has 0 unspecified atom stereocenters. The summed E-state index contributed by atoms with van der Waals surface area (Å²) in [5.74, 6) is -2.48. The van der Waals surface area contributed by atoms with Gasteiger partial charge in [-0.1, -0.05) is 0 Å². The first-order valence-electron chi connectivity index (χ1n) is 4.44. The summed E-state index contributed by atoms with van der Waals surface area (Å²) >= 11 is 5.98. The van der Waals surface area contributed by atoms with Gasteiger partial charge >= 0.3 is 5.97 Å². The molecule has 0 spiro atoms. The molecule has 16 heavy (non-hydrogen) atoms. The zero-order chi connectivity index (χ0) is 12.3. The number of hydrogen-bond donors (Lipinski definition) is 0. The Hall–Kier alpha value is -0.490. The van der Waals surface area contributed by atoms with Gasteiger partial charge in [-0.25, -0.2) is 8.78 Å². The van der Waals surface area contributed by atoms with E-state index in [0.717, 1.165) is 6.07 Å². The minimum absolute atomic E-state index is 0.0354. The maximum Gasteiger partial charge on any atom is 0.310 e. The van der Waals surface area contributed by atoms with E-state index in [-0.39, 0.29) is 17.5 Å². The Bertz CT molecular complexity index is 422. The molecule has 0 aliphatic heterocycles. The van der Waals surface area contributed by atoms with Crippen LogP contribution in [-0.2, 0) is 16.0 Å². The summed E-state index contributed by atoms with van der Waals surface area (Å²) in [6.07, 6.45) is -0.107. The first-order valence-corrected chi connectivity index (χ1v) is 6.03. The standard InChI is InChI=1S/C10H8Br2F2O2/c1-2-16-7(15)4-5-3-6(13)10(14)9(12)8(5)11/h3H,2,4H2,1H3. The minimum Gasteiger partial charge on any atom is -0.466 e. The lowest BCUT2D eigenvalue weighted by atomic mass is 10.1. The topological polar surface area (TPSA) is 26.3 Å². The van der Waals surface area contributed by atoms with Gasteiger partial charge in [-0.15, -0.1) is 0 Å². The van der Waals surface area contributed by atoms with Gasteiger partial charge in [0.2, 0.25) is 0 Å². The average Bonchev–Trinajstić information content (AvgIpc) is 2.23. The van der Waals surface area contributed by atoms with Crippen molar-refractivity contribution in [3.05, 3.63) is 32.2 Å². The van der Waals surface area contributed by atoms with Crippen molar-refractivity contribution in [3.8, 4) is 0 Å². The van der Waals surface area contributed by atoms with Crippen LogP contribution in [0.15, 0.2) is 15.0 Å². The largest absolute Gasteiger partial charge is 0.466 e. The van der Waals surface area contributed by atoms with Crippen molar-refractivity contribution in [3.63, 3.8) is 0 Å². The fourth-order valence-electron chi connectivity index (χ4n) is 1.12. The van der Waals surface area contributed by atoms with E-state index in [2.05, 4.69) is 31.9 Å². The minimum atomic E-state index is -1.01. The third-order valence-corrected chi connectivity index (χ3v) is 4.00. The number of ether oxygens (including phenoxy) is 1. The summed E-state index contributed by atoms with van der Waals surface area (Å²) in [7, 11) is 0. The molecule has 1 aromatic carbocycles. The summed E-state index contributed by atoms with van der Waals surface area (Å²) in [5.41, 5.74) is 0.337. The zero-order valence-corrected chi connectivity index (χ0v) is 11.5. The van der Waals surface area contributed by atoms with E-state index < -0.39 is 17.6 Å². The Kier molecular flexibility index (Phi) is 4.86. The van der Waals surface area contributed by atoms with Crippen LogP contribution in [0.2, 0.25) is 0 Å². The molecular weight excluding hydrogens is 350 g/mol. The number of esters is 1. The van der Waals surface area contributed by atoms with Gasteiger partial charge in [-0.3, -0.25) is 4.79 Å². The van der Waals surface area contributed by atoms with E-state index >= 15 is 0 Å². The van der Waals surface area contributed by atoms with Crippen LogP contribution in [0.5, 0.6) is 0 Å². The Balaban J connectivity index is 3.02. The van der Waals surface area contributed by atoms with Gasteiger partial charge in [-0.2, -0.15) is 0 Å². The lowest BCUT2D eigenvalue weighted by Gasteiger charge is -2.07. The average molecular weight is 358 g/mol. The first kappa shape index (κ1) is 13.6. The summed E-state index contributed by atoms with van der Waals surface area (Å²) in [6.45, 7) is 1.93. The highest BCUT2D eigenvalue weighted by atomic mass is 79.9. The highest BCUT2D eigenvalue weighted by Gasteiger charge is 2.17. The third-order valence-electron chi connectivity index (χ3n) is 1.82. The van der Waals surface area contributed by atoms with Gasteiger partial charge < -0.3 is 4.74 Å². The predicted octanol–water partition coefficient (Wildman–Crippen LogP) is 3.60. The van der Waals surface area contributed by atoms with Gasteiger partial charge in [-0.05, 0) is 50.4 Å². The Morgan fingerprint density at radius 3 is 2.56 bits per heavy atom. The quantitative estimate of drug-likeness (QED) is 0.469. The van der Waals surface area contributed by atoms with Crippen molar-refractivity contribution in [2.24, 2.45) is 0 Å². The summed E-state index contributed by atoms with van der Waals surface area (Å²) in [4.78, 5) is 11.2. The van der Waals surface area contributed by atoms with E-state index in [1.165, 1.54) is 0 Å². The molecule has 0 bridgehead atoms. The maximum absolute atomic E-state index is 13.1. The maximum atomic E-state index is 13.1. The second-order valence-corrected chi connectivity index (χ2v) is 4.53. The highest BCUT2D eigenvalue weighted by molar-refractivity contribution is 9.13. The molecule has 2 nitrogen and oxygen atoms in total. The van der Waals surface area contributed by atoms with Gasteiger partial charge in [0, 0.05) is 4.47 Å². The first-order chi connectivity index (χ1) is 7.47. The van der Waals surface area contributed by atoms with Crippen LogP contribution in [0.1, 0.15) is 12.5 Å². The van der Waals surface area contributed by atoms with Crippen LogP contribution in [0.25, 0.3) is 0 Å². The third kappa shape index (κ3) is 3.01. The van der Waals surface area contributed by atoms with Gasteiger partial charge in [0.1, 0.15) is 0 Å². The van der Waals surface area contributed by atoms with E-state index in [1.54, 1.807) is 6.92 Å². The summed E-state index contributed by atoms with van der Waals surface area (Å²) in [5, 5.41) is 0. The lowest BCUT2D eigenvalue weighted by Crippen LogP contribution is -2.09. The summed E-state index contributed by atoms with van der Waals surface area (Å²) < 4.78 is 31.2. The van der Waals surface area contributed by atoms with E-state index in [9.17, 15) is 13.6 Å². The molecule has 1 aromatic rings. The Labute approximate surface area is 108 Å². The predicted molar refractivity (Wildman–Crippen MR) is 62.1 cm³/mol. The van der Waals surface area contributed by atoms with Crippen LogP contribution in [-0.4, -0.2) is 12.6 Å². The molecule has 0 amide bonds. The number of benzene rings is 1. The van der Waals surface area contributed by atoms with Crippen molar-refractivity contribution < 1.29 is 18.3 Å². The van der Waals surface area contributed by atoms with Crippen molar-refractivity contribution >= 4 is 37.8 Å². The smallest absolute Gasteiger partial charge is 0.310 e. The van der Waals surface area contributed by atoms with Crippen LogP contribution in [0.3, 0.4) is 0 Å². The number of halogens is 4. The second-order valence-electron chi connectivity index (χ2n) is 2.94. The van der Waals surface area contributed by atoms with E-state index in [4.69, 9.17) is 4.74 Å². The molecule has 0 saturated carbocycles. The summed E-state index contributed by atoms with van der Waals surface area (Å²) in [6, 6.07) is 0.973. The zero-order valence-electron chi connectivity index (χ0n) is 8.32. The second kappa shape index (κ2) is 5.72. The molecule has 0 N–H and O–H groups in total. The molecule has 6 heteroatoms. The highest BCUT2D eigenvalue weighted by Crippen LogP contribution is 2.31. The fourth-order valence-corrected chi connectivity index (χ4v) is 1.99. The van der Waals surface area contributed by atoms with Gasteiger partial charge in [0.05, 0.1) is 17.5 Å². The van der Waals surface area contributed by atoms with Crippen LogP contribution in [0.4, 0.5) is 8.78 Å². The molecule has 0 radical (unpaired) electrons. The monoisotopic (exact) mass is 356 g/mol. The molecule has 0 aromatic heterocycles. The molecule has 0 atom stereocenters. The number of hydrogen-bond acceptors (Lipinski definition) is 2. The van der Waals surface area contributed by atoms with Crippen LogP contribution in [0, 0.1) is 11.6 Å². The van der Waals surface area contributed by atoms with E-state index in [1.807, 2.05) is 0 Å².